The van der Waals surface area contributed by atoms with E-state index in [1.165, 1.54) is 5.48 Å². The van der Waals surface area contributed by atoms with Crippen molar-refractivity contribution in [3.8, 4) is 0 Å². The number of hydrogen-bond acceptors (Lipinski definition) is 3. The number of nitrogens with zero attached hydrogens (tertiary/aromatic N) is 1. The van der Waals surface area contributed by atoms with Crippen LogP contribution in [0.5, 0.6) is 0 Å². The van der Waals surface area contributed by atoms with Gasteiger partial charge in [0.2, 0.25) is 0 Å². The molecule has 0 aliphatic heterocycles. The second-order valence-corrected chi connectivity index (χ2v) is 1.96. The maximum Gasteiger partial charge on any atom is 0.164 e. The number of anilines is 1. The highest BCUT2D eigenvalue weighted by molar-refractivity contribution is 6.29. The fraction of sp³-hybridized carbons (Fsp3) is 0. The third-order valence-electron chi connectivity index (χ3n) is 0.914. The number of hydrogen-bond donors (Lipinski definition) is 1. The van der Waals surface area contributed by atoms with Gasteiger partial charge in [-0.05, 0) is 0 Å². The van der Waals surface area contributed by atoms with Crippen molar-refractivity contribution in [2.24, 2.45) is 0 Å². The number of nitrogens with one attached hydrogen (secondary N) is 1. The second-order valence-electron chi connectivity index (χ2n) is 1.60. The van der Waals surface area contributed by atoms with Crippen LogP contribution in [-0.2, 0) is 0 Å². The first-order valence-electron chi connectivity index (χ1n) is 2.43. The van der Waals surface area contributed by atoms with Gasteiger partial charge in [0.25, 0.3) is 0 Å². The third kappa shape index (κ3) is 1.34. The number of pyridine rings is 1. The van der Waals surface area contributed by atoms with Crippen LogP contribution in [0.3, 0.4) is 0 Å². The molecule has 1 rings (SSSR count). The molecule has 0 saturated heterocycles. The Morgan fingerprint density at radius 3 is 2.90 bits per heavy atom. The summed E-state index contributed by atoms with van der Waals surface area (Å²) in [6.45, 7) is 0. The standard InChI is InChI=1S/C5H3ClFN2O/c6-5-4(7)1-3(9-10)2-8-5/h1-2,9H/q-1. The predicted molar refractivity (Wildman–Crippen MR) is 36.2 cm³/mol. The molecule has 0 spiro atoms. The van der Waals surface area contributed by atoms with Crippen LogP contribution in [0.25, 0.3) is 0 Å². The van der Waals surface area contributed by atoms with Gasteiger partial charge in [-0.2, -0.15) is 0 Å². The molecule has 1 heterocycles. The molecule has 10 heavy (non-hydrogen) atoms. The Hall–Kier alpha value is -0.870. The van der Waals surface area contributed by atoms with Crippen LogP contribution in [0, 0.1) is 11.0 Å². The maximum atomic E-state index is 12.4. The van der Waals surface area contributed by atoms with Gasteiger partial charge in [-0.15, -0.1) is 0 Å². The van der Waals surface area contributed by atoms with Gasteiger partial charge >= 0.3 is 0 Å². The molecule has 0 radical (unpaired) electrons. The fourth-order valence-corrected chi connectivity index (χ4v) is 0.580. The molecule has 1 aromatic rings. The molecular formula is C5H3ClFN2O-. The average Bonchev–Trinajstić information content (AvgIpc) is 1.95. The number of rotatable bonds is 1. The van der Waals surface area contributed by atoms with Gasteiger partial charge in [-0.3, -0.25) is 0 Å². The highest BCUT2D eigenvalue weighted by atomic mass is 35.5. The Morgan fingerprint density at radius 1 is 1.70 bits per heavy atom. The molecule has 0 fully saturated rings. The zero-order valence-electron chi connectivity index (χ0n) is 4.77. The lowest BCUT2D eigenvalue weighted by molar-refractivity contribution is 0.622. The third-order valence-corrected chi connectivity index (χ3v) is 1.19. The van der Waals surface area contributed by atoms with Gasteiger partial charge in [0.05, 0.1) is 6.20 Å². The Labute approximate surface area is 61.4 Å². The van der Waals surface area contributed by atoms with Crippen molar-refractivity contribution < 1.29 is 4.39 Å². The van der Waals surface area contributed by atoms with Crippen molar-refractivity contribution in [3.05, 3.63) is 28.4 Å². The van der Waals surface area contributed by atoms with Crippen LogP contribution < -0.4 is 5.48 Å². The van der Waals surface area contributed by atoms with Gasteiger partial charge in [-0.1, -0.05) is 11.6 Å². The normalized spacial score (nSPS) is 9.50. The molecule has 1 aromatic heterocycles. The minimum absolute atomic E-state index is 0.0573. The lowest BCUT2D eigenvalue weighted by atomic mass is 10.4. The smallest absolute Gasteiger partial charge is 0.164 e. The van der Waals surface area contributed by atoms with Crippen LogP contribution in [0.1, 0.15) is 0 Å². The molecule has 5 heteroatoms. The molecule has 0 amide bonds. The first-order valence-corrected chi connectivity index (χ1v) is 2.81. The summed E-state index contributed by atoms with van der Waals surface area (Å²) in [7, 11) is 0. The van der Waals surface area contributed by atoms with Gasteiger partial charge in [0.1, 0.15) is 0 Å². The van der Waals surface area contributed by atoms with E-state index < -0.39 is 5.82 Å². The number of aromatic nitrogens is 1. The molecular weight excluding hydrogens is 159 g/mol. The summed E-state index contributed by atoms with van der Waals surface area (Å²) in [6, 6.07) is 0.975. The zero-order chi connectivity index (χ0) is 7.56. The van der Waals surface area contributed by atoms with Crippen LogP contribution in [0.15, 0.2) is 12.3 Å². The lowest BCUT2D eigenvalue weighted by Crippen LogP contribution is -1.88. The first kappa shape index (κ1) is 7.24. The first-order chi connectivity index (χ1) is 4.74. The number of halogens is 2. The highest BCUT2D eigenvalue weighted by Crippen LogP contribution is 2.14. The van der Waals surface area contributed by atoms with E-state index in [0.717, 1.165) is 12.3 Å². The van der Waals surface area contributed by atoms with E-state index in [9.17, 15) is 9.60 Å². The van der Waals surface area contributed by atoms with Gasteiger partial charge < -0.3 is 10.7 Å². The molecule has 3 nitrogen and oxygen atoms in total. The van der Waals surface area contributed by atoms with Crippen molar-refractivity contribution in [1.29, 1.82) is 0 Å². The quantitative estimate of drug-likeness (QED) is 0.505. The Morgan fingerprint density at radius 2 is 2.40 bits per heavy atom. The molecule has 0 atom stereocenters. The summed E-state index contributed by atoms with van der Waals surface area (Å²) in [5.41, 5.74) is 1.54. The molecule has 0 aliphatic carbocycles. The van der Waals surface area contributed by atoms with E-state index >= 15 is 0 Å². The van der Waals surface area contributed by atoms with Crippen molar-refractivity contribution in [2.75, 3.05) is 5.48 Å². The molecule has 0 unspecified atom stereocenters. The van der Waals surface area contributed by atoms with E-state index in [-0.39, 0.29) is 10.8 Å². The van der Waals surface area contributed by atoms with Crippen molar-refractivity contribution in [2.45, 2.75) is 0 Å². The summed E-state index contributed by atoms with van der Waals surface area (Å²) in [5.74, 6) is -0.706. The molecule has 54 valence electrons. The van der Waals surface area contributed by atoms with Crippen LogP contribution in [-0.4, -0.2) is 4.98 Å². The van der Waals surface area contributed by atoms with Crippen LogP contribution in [0.2, 0.25) is 5.15 Å². The average molecular weight is 162 g/mol. The second kappa shape index (κ2) is 2.81. The molecule has 0 bridgehead atoms. The molecule has 1 N–H and O–H groups in total. The van der Waals surface area contributed by atoms with Crippen molar-refractivity contribution >= 4 is 17.3 Å². The van der Waals surface area contributed by atoms with Gasteiger partial charge in [-0.25, -0.2) is 9.37 Å². The SMILES string of the molecule is [O-]Nc1cnc(Cl)c(F)c1. The Bertz CT molecular complexity index is 243. The highest BCUT2D eigenvalue weighted by Gasteiger charge is 1.98. The Kier molecular flexibility index (Phi) is 2.03. The predicted octanol–water partition coefficient (Wildman–Crippen LogP) is 1.78. The minimum Gasteiger partial charge on any atom is -0.761 e. The topological polar surface area (TPSA) is 48.0 Å². The summed E-state index contributed by atoms with van der Waals surface area (Å²) in [4.78, 5) is 3.38. The van der Waals surface area contributed by atoms with Crippen molar-refractivity contribution in [3.63, 3.8) is 0 Å². The fourth-order valence-electron chi connectivity index (χ4n) is 0.477. The summed E-state index contributed by atoms with van der Waals surface area (Å²) in [6.07, 6.45) is 1.15. The molecule has 0 saturated carbocycles. The molecule has 0 aliphatic rings. The summed E-state index contributed by atoms with van der Waals surface area (Å²) < 4.78 is 12.4. The van der Waals surface area contributed by atoms with E-state index in [0.29, 0.717) is 0 Å². The van der Waals surface area contributed by atoms with E-state index in [4.69, 9.17) is 11.6 Å². The molecule has 0 aromatic carbocycles. The van der Waals surface area contributed by atoms with E-state index in [1.54, 1.807) is 0 Å². The van der Waals surface area contributed by atoms with Gasteiger partial charge in [0, 0.05) is 11.8 Å². The van der Waals surface area contributed by atoms with Gasteiger partial charge in [0.15, 0.2) is 11.0 Å². The minimum atomic E-state index is -0.706. The summed E-state index contributed by atoms with van der Waals surface area (Å²) >= 11 is 5.22. The monoisotopic (exact) mass is 161 g/mol. The summed E-state index contributed by atoms with van der Waals surface area (Å²) in [5, 5.41) is 9.66. The zero-order valence-corrected chi connectivity index (χ0v) is 5.52. The van der Waals surface area contributed by atoms with Crippen molar-refractivity contribution in [1.82, 2.24) is 4.98 Å². The van der Waals surface area contributed by atoms with Crippen LogP contribution in [0.4, 0.5) is 10.1 Å². The van der Waals surface area contributed by atoms with E-state index in [1.807, 2.05) is 0 Å². The van der Waals surface area contributed by atoms with Crippen LogP contribution >= 0.6 is 11.6 Å². The lowest BCUT2D eigenvalue weighted by Gasteiger charge is -2.07. The Balaban J connectivity index is 3.04. The van der Waals surface area contributed by atoms with E-state index in [2.05, 4.69) is 4.98 Å². The maximum absolute atomic E-state index is 12.4. The largest absolute Gasteiger partial charge is 0.761 e.